The summed E-state index contributed by atoms with van der Waals surface area (Å²) < 4.78 is 18.5. The average molecular weight is 388 g/mol. The molecule has 1 fully saturated rings. The predicted molar refractivity (Wildman–Crippen MR) is 105 cm³/mol. The predicted octanol–water partition coefficient (Wildman–Crippen LogP) is 4.21. The van der Waals surface area contributed by atoms with Gasteiger partial charge < -0.3 is 9.47 Å². The van der Waals surface area contributed by atoms with Gasteiger partial charge in [-0.25, -0.2) is 9.36 Å². The van der Waals surface area contributed by atoms with Gasteiger partial charge in [0.25, 0.3) is 0 Å². The van der Waals surface area contributed by atoms with Crippen LogP contribution in [0, 0.1) is 5.92 Å². The van der Waals surface area contributed by atoms with Crippen LogP contribution in [0.15, 0.2) is 39.0 Å². The quantitative estimate of drug-likeness (QED) is 0.764. The van der Waals surface area contributed by atoms with E-state index in [1.165, 1.54) is 48.4 Å². The molecule has 0 saturated heterocycles. The molecule has 2 aliphatic rings. The van der Waals surface area contributed by atoms with Gasteiger partial charge in [0.2, 0.25) is 10.8 Å². The highest BCUT2D eigenvalue weighted by Crippen LogP contribution is 2.48. The number of hydrogen-bond acceptors (Lipinski definition) is 6. The summed E-state index contributed by atoms with van der Waals surface area (Å²) in [4.78, 5) is 11.3. The number of rotatable bonds is 5. The molecular formula is C20H24N2O4S. The highest BCUT2D eigenvalue weighted by atomic mass is 32.2. The number of hydrogen-bond donors (Lipinski definition) is 0. The Hall–Kier alpha value is -1.99. The molecule has 0 bridgehead atoms. The van der Waals surface area contributed by atoms with Gasteiger partial charge in [0.05, 0.1) is 13.7 Å². The standard InChI is InChI=1S/C20H24N2O4S/c1-14-13-27-20(18-21-26-19(23)22(14)18,16-9-6-10-17(11-16)24-2)25-12-15-7-4-3-5-8-15/h6,9-11,13,15H,3-5,7-8,12H2,1-2H3. The molecule has 0 amide bonds. The van der Waals surface area contributed by atoms with Crippen molar-refractivity contribution in [1.82, 2.24) is 9.72 Å². The maximum atomic E-state index is 12.2. The van der Waals surface area contributed by atoms with Crippen LogP contribution >= 0.6 is 11.8 Å². The van der Waals surface area contributed by atoms with E-state index < -0.39 is 10.7 Å². The van der Waals surface area contributed by atoms with Crippen molar-refractivity contribution in [2.24, 2.45) is 5.92 Å². The van der Waals surface area contributed by atoms with Crippen LogP contribution in [-0.2, 0) is 9.67 Å². The third-order valence-corrected chi connectivity index (χ3v) is 6.67. The Morgan fingerprint density at radius 2 is 2.15 bits per heavy atom. The van der Waals surface area contributed by atoms with Gasteiger partial charge in [-0.1, -0.05) is 48.3 Å². The second kappa shape index (κ2) is 7.56. The molecule has 2 heterocycles. The molecule has 0 radical (unpaired) electrons. The Morgan fingerprint density at radius 1 is 1.33 bits per heavy atom. The van der Waals surface area contributed by atoms with Gasteiger partial charge >= 0.3 is 5.76 Å². The molecule has 1 atom stereocenters. The van der Waals surface area contributed by atoms with Crippen LogP contribution in [0.4, 0.5) is 0 Å². The van der Waals surface area contributed by atoms with Crippen molar-refractivity contribution in [3.8, 4) is 5.75 Å². The lowest BCUT2D eigenvalue weighted by Crippen LogP contribution is -2.36. The Morgan fingerprint density at radius 3 is 2.93 bits per heavy atom. The molecule has 0 spiro atoms. The minimum atomic E-state index is -0.933. The molecule has 1 aliphatic heterocycles. The topological polar surface area (TPSA) is 66.5 Å². The van der Waals surface area contributed by atoms with Crippen LogP contribution in [0.1, 0.15) is 50.4 Å². The average Bonchev–Trinajstić information content (AvgIpc) is 3.12. The van der Waals surface area contributed by atoms with Gasteiger partial charge in [-0.3, -0.25) is 4.52 Å². The van der Waals surface area contributed by atoms with Gasteiger partial charge in [-0.05, 0) is 43.2 Å². The zero-order valence-corrected chi connectivity index (χ0v) is 16.5. The van der Waals surface area contributed by atoms with Gasteiger partial charge in [-0.15, -0.1) is 0 Å². The normalized spacial score (nSPS) is 23.0. The summed E-state index contributed by atoms with van der Waals surface area (Å²) in [6.45, 7) is 2.49. The molecule has 4 rings (SSSR count). The lowest BCUT2D eigenvalue weighted by atomic mass is 9.90. The Labute approximate surface area is 162 Å². The summed E-state index contributed by atoms with van der Waals surface area (Å²) in [6.07, 6.45) is 6.16. The lowest BCUT2D eigenvalue weighted by Gasteiger charge is -2.36. The highest BCUT2D eigenvalue weighted by molar-refractivity contribution is 8.03. The van der Waals surface area contributed by atoms with Crippen molar-refractivity contribution in [2.75, 3.05) is 13.7 Å². The number of aromatic nitrogens is 2. The van der Waals surface area contributed by atoms with Gasteiger partial charge in [0.15, 0.2) is 0 Å². The SMILES string of the molecule is COc1cccc(C2(OCC3CCCCC3)SC=C(C)n3c2noc3=O)c1. The maximum Gasteiger partial charge on any atom is 0.446 e. The molecule has 1 unspecified atom stereocenters. The third-order valence-electron chi connectivity index (χ3n) is 5.34. The van der Waals surface area contributed by atoms with Crippen molar-refractivity contribution < 1.29 is 14.0 Å². The van der Waals surface area contributed by atoms with Gasteiger partial charge in [0, 0.05) is 11.3 Å². The number of benzene rings is 1. The van der Waals surface area contributed by atoms with Crippen molar-refractivity contribution in [3.05, 3.63) is 51.6 Å². The third kappa shape index (κ3) is 3.34. The number of methoxy groups -OCH3 is 1. The summed E-state index contributed by atoms with van der Waals surface area (Å²) in [6, 6.07) is 7.73. The van der Waals surface area contributed by atoms with Gasteiger partial charge in [0.1, 0.15) is 5.75 Å². The van der Waals surface area contributed by atoms with E-state index in [1.54, 1.807) is 7.11 Å². The van der Waals surface area contributed by atoms with Crippen LogP contribution in [0.5, 0.6) is 5.75 Å². The first kappa shape index (κ1) is 18.4. The molecule has 7 heteroatoms. The molecule has 2 aromatic rings. The number of fused-ring (bicyclic) bond motifs is 1. The number of allylic oxidation sites excluding steroid dienone is 1. The van der Waals surface area contributed by atoms with Crippen LogP contribution in [-0.4, -0.2) is 23.4 Å². The van der Waals surface area contributed by atoms with Crippen molar-refractivity contribution in [1.29, 1.82) is 0 Å². The van der Waals surface area contributed by atoms with E-state index in [2.05, 4.69) is 5.16 Å². The molecule has 1 aromatic carbocycles. The maximum absolute atomic E-state index is 12.2. The smallest absolute Gasteiger partial charge is 0.446 e. The van der Waals surface area contributed by atoms with E-state index in [0.717, 1.165) is 17.0 Å². The molecule has 6 nitrogen and oxygen atoms in total. The number of ether oxygens (including phenoxy) is 2. The summed E-state index contributed by atoms with van der Waals surface area (Å²) >= 11 is 1.51. The first-order valence-corrected chi connectivity index (χ1v) is 10.2. The molecule has 27 heavy (non-hydrogen) atoms. The lowest BCUT2D eigenvalue weighted by molar-refractivity contribution is 0.0117. The summed E-state index contributed by atoms with van der Waals surface area (Å²) in [5, 5.41) is 6.04. The van der Waals surface area contributed by atoms with E-state index in [-0.39, 0.29) is 0 Å². The number of thioether (sulfide) groups is 1. The fraction of sp³-hybridized carbons (Fsp3) is 0.500. The monoisotopic (exact) mass is 388 g/mol. The van der Waals surface area contributed by atoms with E-state index in [4.69, 9.17) is 14.0 Å². The molecule has 144 valence electrons. The summed E-state index contributed by atoms with van der Waals surface area (Å²) in [5.74, 6) is 1.24. The Kier molecular flexibility index (Phi) is 5.14. The highest BCUT2D eigenvalue weighted by Gasteiger charge is 2.45. The summed E-state index contributed by atoms with van der Waals surface area (Å²) in [5.41, 5.74) is 1.66. The van der Waals surface area contributed by atoms with E-state index in [1.807, 2.05) is 36.6 Å². The first-order valence-electron chi connectivity index (χ1n) is 9.37. The zero-order valence-electron chi connectivity index (χ0n) is 15.6. The van der Waals surface area contributed by atoms with Crippen molar-refractivity contribution in [2.45, 2.75) is 44.0 Å². The second-order valence-electron chi connectivity index (χ2n) is 7.15. The second-order valence-corrected chi connectivity index (χ2v) is 8.19. The largest absolute Gasteiger partial charge is 0.497 e. The van der Waals surface area contributed by atoms with E-state index in [9.17, 15) is 4.79 Å². The van der Waals surface area contributed by atoms with Gasteiger partial charge in [-0.2, -0.15) is 0 Å². The first-order chi connectivity index (χ1) is 13.1. The molecule has 1 aliphatic carbocycles. The number of nitrogens with zero attached hydrogens (tertiary/aromatic N) is 2. The summed E-state index contributed by atoms with van der Waals surface area (Å²) in [7, 11) is 1.64. The minimum Gasteiger partial charge on any atom is -0.497 e. The molecule has 1 aromatic heterocycles. The molecular weight excluding hydrogens is 364 g/mol. The Balaban J connectivity index is 1.77. The minimum absolute atomic E-state index is 0.474. The Bertz CT molecular complexity index is 897. The van der Waals surface area contributed by atoms with Crippen LogP contribution in [0.3, 0.4) is 0 Å². The van der Waals surface area contributed by atoms with Crippen molar-refractivity contribution >= 4 is 17.5 Å². The van der Waals surface area contributed by atoms with E-state index >= 15 is 0 Å². The van der Waals surface area contributed by atoms with E-state index in [0.29, 0.717) is 18.3 Å². The molecule has 1 saturated carbocycles. The van der Waals surface area contributed by atoms with Crippen LogP contribution in [0.25, 0.3) is 5.70 Å². The van der Waals surface area contributed by atoms with Crippen LogP contribution in [0.2, 0.25) is 0 Å². The van der Waals surface area contributed by atoms with Crippen molar-refractivity contribution in [3.63, 3.8) is 0 Å². The molecule has 0 N–H and O–H groups in total. The van der Waals surface area contributed by atoms with Crippen LogP contribution < -0.4 is 10.5 Å². The zero-order chi connectivity index (χ0) is 18.9. The fourth-order valence-electron chi connectivity index (χ4n) is 3.84. The fourth-order valence-corrected chi connectivity index (χ4v) is 4.91.